The van der Waals surface area contributed by atoms with Crippen LogP contribution in [0.4, 0.5) is 0 Å². The van der Waals surface area contributed by atoms with Crippen LogP contribution in [0.1, 0.15) is 12.5 Å². The summed E-state index contributed by atoms with van der Waals surface area (Å²) in [4.78, 5) is 15.7. The molecule has 7 heteroatoms. The Morgan fingerprint density at radius 2 is 2.00 bits per heavy atom. The highest BCUT2D eigenvalue weighted by Gasteiger charge is 2.28. The number of likely N-dealkylation sites (tertiary alicyclic amines) is 1. The van der Waals surface area contributed by atoms with E-state index in [0.29, 0.717) is 24.6 Å². The first-order chi connectivity index (χ1) is 10.8. The lowest BCUT2D eigenvalue weighted by atomic mass is 10.3. The molecule has 2 aromatic rings. The number of hydrogen-bond donors (Lipinski definition) is 0. The third-order valence-corrected chi connectivity index (χ3v) is 3.70. The molecule has 0 radical (unpaired) electrons. The van der Waals surface area contributed by atoms with Crippen LogP contribution in [-0.4, -0.2) is 52.6 Å². The Bertz CT molecular complexity index is 629. The first kappa shape index (κ1) is 14.4. The summed E-state index contributed by atoms with van der Waals surface area (Å²) in [5, 5.41) is 8.26. The number of aromatic nitrogens is 3. The normalized spacial score (nSPS) is 17.5. The molecular formula is C15H18N4O3. The predicted molar refractivity (Wildman–Crippen MR) is 78.7 cm³/mol. The highest BCUT2D eigenvalue weighted by molar-refractivity contribution is 5.78. The summed E-state index contributed by atoms with van der Waals surface area (Å²) in [5.74, 6) is 1.15. The van der Waals surface area contributed by atoms with Crippen molar-refractivity contribution in [3.8, 4) is 11.5 Å². The third kappa shape index (κ3) is 3.03. The number of methoxy groups -OCH3 is 1. The predicted octanol–water partition coefficient (Wildman–Crippen LogP) is 1.14. The highest BCUT2D eigenvalue weighted by atomic mass is 16.5. The van der Waals surface area contributed by atoms with E-state index in [1.807, 2.05) is 12.1 Å². The highest BCUT2D eigenvalue weighted by Crippen LogP contribution is 2.26. The van der Waals surface area contributed by atoms with Crippen LogP contribution < -0.4 is 9.47 Å². The molecule has 22 heavy (non-hydrogen) atoms. The third-order valence-electron chi connectivity index (χ3n) is 3.70. The summed E-state index contributed by atoms with van der Waals surface area (Å²) in [5.41, 5.74) is 0. The zero-order valence-corrected chi connectivity index (χ0v) is 12.4. The van der Waals surface area contributed by atoms with Crippen molar-refractivity contribution in [2.24, 2.45) is 0 Å². The number of ether oxygens (including phenoxy) is 2. The van der Waals surface area contributed by atoms with Crippen molar-refractivity contribution < 1.29 is 14.3 Å². The van der Waals surface area contributed by atoms with E-state index in [1.165, 1.54) is 0 Å². The molecule has 116 valence electrons. The van der Waals surface area contributed by atoms with Gasteiger partial charge in [0.15, 0.2) is 18.1 Å². The summed E-state index contributed by atoms with van der Waals surface area (Å²) < 4.78 is 10.8. The maximum atomic E-state index is 12.2. The fraction of sp³-hybridized carbons (Fsp3) is 0.400. The van der Waals surface area contributed by atoms with Gasteiger partial charge in [-0.15, -0.1) is 0 Å². The SMILES string of the molecule is COc1ccccc1OCC(=O)N1CC[C@@H](n2nccn2)C1. The molecule has 1 saturated heterocycles. The lowest BCUT2D eigenvalue weighted by Gasteiger charge is -2.17. The summed E-state index contributed by atoms with van der Waals surface area (Å²) in [6.07, 6.45) is 4.15. The fourth-order valence-electron chi connectivity index (χ4n) is 2.54. The number of carbonyl (C=O) groups is 1. The lowest BCUT2D eigenvalue weighted by molar-refractivity contribution is -0.132. The van der Waals surface area contributed by atoms with Gasteiger partial charge in [0.1, 0.15) is 0 Å². The number of nitrogens with zero attached hydrogens (tertiary/aromatic N) is 4. The van der Waals surface area contributed by atoms with Crippen molar-refractivity contribution in [3.05, 3.63) is 36.7 Å². The second-order valence-corrected chi connectivity index (χ2v) is 5.07. The monoisotopic (exact) mass is 302 g/mol. The molecule has 0 bridgehead atoms. The zero-order valence-electron chi connectivity index (χ0n) is 12.4. The number of carbonyl (C=O) groups excluding carboxylic acids is 1. The molecule has 0 N–H and O–H groups in total. The second kappa shape index (κ2) is 6.46. The van der Waals surface area contributed by atoms with Gasteiger partial charge in [0.05, 0.1) is 25.5 Å². The molecule has 1 amide bonds. The molecule has 3 rings (SSSR count). The molecule has 7 nitrogen and oxygen atoms in total. The van der Waals surface area contributed by atoms with E-state index in [1.54, 1.807) is 41.3 Å². The molecule has 2 heterocycles. The number of benzene rings is 1. The number of amides is 1. The van der Waals surface area contributed by atoms with Crippen LogP contribution >= 0.6 is 0 Å². The van der Waals surface area contributed by atoms with Crippen molar-refractivity contribution in [2.45, 2.75) is 12.5 Å². The Kier molecular flexibility index (Phi) is 4.22. The molecule has 1 atom stereocenters. The minimum absolute atomic E-state index is 0.000368. The molecular weight excluding hydrogens is 284 g/mol. The minimum Gasteiger partial charge on any atom is -0.493 e. The van der Waals surface area contributed by atoms with Crippen LogP contribution in [0, 0.1) is 0 Å². The van der Waals surface area contributed by atoms with Crippen LogP contribution in [-0.2, 0) is 4.79 Å². The average molecular weight is 302 g/mol. The number of para-hydroxylation sites is 2. The molecule has 1 aromatic carbocycles. The van der Waals surface area contributed by atoms with Gasteiger partial charge in [-0.25, -0.2) is 0 Å². The van der Waals surface area contributed by atoms with Crippen molar-refractivity contribution in [3.63, 3.8) is 0 Å². The molecule has 0 unspecified atom stereocenters. The lowest BCUT2D eigenvalue weighted by Crippen LogP contribution is -2.33. The average Bonchev–Trinajstić information content (AvgIpc) is 3.23. The maximum absolute atomic E-state index is 12.2. The molecule has 1 aliphatic heterocycles. The van der Waals surface area contributed by atoms with Gasteiger partial charge in [-0.3, -0.25) is 4.79 Å². The molecule has 1 fully saturated rings. The molecule has 1 aromatic heterocycles. The Labute approximate surface area is 128 Å². The molecule has 0 saturated carbocycles. The quantitative estimate of drug-likeness (QED) is 0.828. The smallest absolute Gasteiger partial charge is 0.260 e. The Balaban J connectivity index is 1.55. The zero-order chi connectivity index (χ0) is 15.4. The Morgan fingerprint density at radius 1 is 1.27 bits per heavy atom. The van der Waals surface area contributed by atoms with Gasteiger partial charge in [0, 0.05) is 13.1 Å². The largest absolute Gasteiger partial charge is 0.493 e. The van der Waals surface area contributed by atoms with E-state index in [2.05, 4.69) is 10.2 Å². The minimum atomic E-state index is -0.0411. The standard InChI is InChI=1S/C15H18N4O3/c1-21-13-4-2-3-5-14(13)22-11-15(20)18-9-6-12(10-18)19-16-7-8-17-19/h2-5,7-8,12H,6,9-11H2,1H3/t12-/m1/s1. The molecule has 1 aliphatic rings. The first-order valence-electron chi connectivity index (χ1n) is 7.17. The van der Waals surface area contributed by atoms with Gasteiger partial charge in [0.25, 0.3) is 5.91 Å². The van der Waals surface area contributed by atoms with Gasteiger partial charge in [0.2, 0.25) is 0 Å². The Morgan fingerprint density at radius 3 is 2.73 bits per heavy atom. The van der Waals surface area contributed by atoms with E-state index in [0.717, 1.165) is 6.42 Å². The first-order valence-corrected chi connectivity index (χ1v) is 7.17. The van der Waals surface area contributed by atoms with E-state index >= 15 is 0 Å². The van der Waals surface area contributed by atoms with Gasteiger partial charge < -0.3 is 14.4 Å². The van der Waals surface area contributed by atoms with E-state index in [9.17, 15) is 4.79 Å². The Hall–Kier alpha value is -2.57. The maximum Gasteiger partial charge on any atom is 0.260 e. The van der Waals surface area contributed by atoms with Crippen LogP contribution in [0.25, 0.3) is 0 Å². The number of hydrogen-bond acceptors (Lipinski definition) is 5. The van der Waals surface area contributed by atoms with Crippen LogP contribution in [0.5, 0.6) is 11.5 Å². The van der Waals surface area contributed by atoms with Crippen molar-refractivity contribution in [1.29, 1.82) is 0 Å². The number of rotatable bonds is 5. The molecule has 0 aliphatic carbocycles. The van der Waals surface area contributed by atoms with E-state index in [-0.39, 0.29) is 18.6 Å². The van der Waals surface area contributed by atoms with E-state index < -0.39 is 0 Å². The second-order valence-electron chi connectivity index (χ2n) is 5.07. The van der Waals surface area contributed by atoms with Gasteiger partial charge in [-0.05, 0) is 18.6 Å². The molecule has 0 spiro atoms. The van der Waals surface area contributed by atoms with Crippen LogP contribution in [0.3, 0.4) is 0 Å². The van der Waals surface area contributed by atoms with Crippen LogP contribution in [0.2, 0.25) is 0 Å². The van der Waals surface area contributed by atoms with E-state index in [4.69, 9.17) is 9.47 Å². The van der Waals surface area contributed by atoms with Crippen molar-refractivity contribution >= 4 is 5.91 Å². The van der Waals surface area contributed by atoms with Gasteiger partial charge in [-0.2, -0.15) is 15.0 Å². The summed E-state index contributed by atoms with van der Waals surface area (Å²) >= 11 is 0. The topological polar surface area (TPSA) is 69.5 Å². The summed E-state index contributed by atoms with van der Waals surface area (Å²) in [7, 11) is 1.58. The van der Waals surface area contributed by atoms with Crippen molar-refractivity contribution in [1.82, 2.24) is 19.9 Å². The van der Waals surface area contributed by atoms with Crippen LogP contribution in [0.15, 0.2) is 36.7 Å². The van der Waals surface area contributed by atoms with Gasteiger partial charge >= 0.3 is 0 Å². The summed E-state index contributed by atoms with van der Waals surface area (Å²) in [6.45, 7) is 1.31. The van der Waals surface area contributed by atoms with Gasteiger partial charge in [-0.1, -0.05) is 12.1 Å². The summed E-state index contributed by atoms with van der Waals surface area (Å²) in [6, 6.07) is 7.43. The fourth-order valence-corrected chi connectivity index (χ4v) is 2.54. The van der Waals surface area contributed by atoms with Crippen molar-refractivity contribution in [2.75, 3.05) is 26.8 Å².